The molecule has 1 aromatic rings. The molecule has 6 heteroatoms. The van der Waals surface area contributed by atoms with Crippen molar-refractivity contribution in [1.29, 1.82) is 0 Å². The Bertz CT molecular complexity index is 318. The Morgan fingerprint density at radius 1 is 1.69 bits per heavy atom. The van der Waals surface area contributed by atoms with E-state index in [2.05, 4.69) is 15.5 Å². The fourth-order valence-electron chi connectivity index (χ4n) is 1.40. The highest BCUT2D eigenvalue weighted by atomic mass is 16.6. The Kier molecular flexibility index (Phi) is 1.97. The van der Waals surface area contributed by atoms with Crippen molar-refractivity contribution in [1.82, 2.24) is 15.5 Å². The van der Waals surface area contributed by atoms with Gasteiger partial charge in [-0.05, 0) is 19.0 Å². The molecule has 70 valence electrons. The van der Waals surface area contributed by atoms with E-state index in [9.17, 15) is 10.1 Å². The maximum absolute atomic E-state index is 10.5. The lowest BCUT2D eigenvalue weighted by Crippen LogP contribution is -2.43. The molecule has 0 saturated carbocycles. The zero-order valence-corrected chi connectivity index (χ0v) is 6.99. The van der Waals surface area contributed by atoms with Crippen LogP contribution in [0.5, 0.6) is 0 Å². The molecule has 0 spiro atoms. The van der Waals surface area contributed by atoms with E-state index in [-0.39, 0.29) is 5.69 Å². The number of rotatable bonds is 3. The third kappa shape index (κ3) is 1.52. The molecule has 2 rings (SSSR count). The van der Waals surface area contributed by atoms with Gasteiger partial charge in [-0.15, -0.1) is 0 Å². The van der Waals surface area contributed by atoms with Crippen LogP contribution in [0.2, 0.25) is 0 Å². The molecular formula is C7H10N4O2. The van der Waals surface area contributed by atoms with Crippen molar-refractivity contribution in [3.63, 3.8) is 0 Å². The Morgan fingerprint density at radius 2 is 2.46 bits per heavy atom. The highest BCUT2D eigenvalue weighted by Gasteiger charge is 2.23. The van der Waals surface area contributed by atoms with E-state index < -0.39 is 4.92 Å². The topological polar surface area (TPSA) is 83.8 Å². The predicted molar refractivity (Wildman–Crippen MR) is 45.3 cm³/mol. The molecule has 1 aliphatic heterocycles. The molecular weight excluding hydrogens is 172 g/mol. The number of nitro groups is 1. The molecule has 0 atom stereocenters. The van der Waals surface area contributed by atoms with E-state index in [4.69, 9.17) is 0 Å². The van der Waals surface area contributed by atoms with Gasteiger partial charge in [-0.3, -0.25) is 15.2 Å². The zero-order valence-electron chi connectivity index (χ0n) is 6.99. The van der Waals surface area contributed by atoms with Gasteiger partial charge in [0, 0.05) is 6.42 Å². The smallest absolute Gasteiger partial charge is 0.309 e. The SMILES string of the molecule is O=[N+]([O-])c1cn[nH]c1CC1CNC1. The number of hydrogen-bond acceptors (Lipinski definition) is 4. The molecule has 1 fully saturated rings. The van der Waals surface area contributed by atoms with Crippen molar-refractivity contribution in [2.45, 2.75) is 6.42 Å². The van der Waals surface area contributed by atoms with Gasteiger partial charge in [-0.1, -0.05) is 0 Å². The molecule has 0 bridgehead atoms. The van der Waals surface area contributed by atoms with Crippen LogP contribution < -0.4 is 5.32 Å². The van der Waals surface area contributed by atoms with Crippen LogP contribution in [0.3, 0.4) is 0 Å². The van der Waals surface area contributed by atoms with Gasteiger partial charge >= 0.3 is 5.69 Å². The van der Waals surface area contributed by atoms with Crippen LogP contribution in [0.15, 0.2) is 6.20 Å². The summed E-state index contributed by atoms with van der Waals surface area (Å²) >= 11 is 0. The quantitative estimate of drug-likeness (QED) is 0.512. The standard InChI is InChI=1S/C7H10N4O2/c12-11(13)7-4-9-10-6(7)1-5-2-8-3-5/h4-5,8H,1-3H2,(H,9,10). The van der Waals surface area contributed by atoms with Gasteiger partial charge in [0.2, 0.25) is 0 Å². The number of H-pyrrole nitrogens is 1. The molecule has 6 nitrogen and oxygen atoms in total. The number of nitrogens with one attached hydrogen (secondary N) is 2. The summed E-state index contributed by atoms with van der Waals surface area (Å²) in [6, 6.07) is 0. The highest BCUT2D eigenvalue weighted by molar-refractivity contribution is 5.32. The number of nitrogens with zero attached hydrogens (tertiary/aromatic N) is 2. The van der Waals surface area contributed by atoms with Gasteiger partial charge in [0.05, 0.1) is 4.92 Å². The van der Waals surface area contributed by atoms with Gasteiger partial charge in [-0.2, -0.15) is 5.10 Å². The van der Waals surface area contributed by atoms with E-state index in [1.165, 1.54) is 6.20 Å². The van der Waals surface area contributed by atoms with Crippen molar-refractivity contribution in [2.24, 2.45) is 5.92 Å². The molecule has 2 N–H and O–H groups in total. The summed E-state index contributed by atoms with van der Waals surface area (Å²) < 4.78 is 0. The molecule has 1 aliphatic rings. The normalized spacial score (nSPS) is 16.9. The average Bonchev–Trinajstić information content (AvgIpc) is 2.44. The monoisotopic (exact) mass is 182 g/mol. The molecule has 0 aliphatic carbocycles. The van der Waals surface area contributed by atoms with Gasteiger partial charge in [0.15, 0.2) is 0 Å². The van der Waals surface area contributed by atoms with E-state index in [1.807, 2.05) is 0 Å². The van der Waals surface area contributed by atoms with Crippen LogP contribution >= 0.6 is 0 Å². The van der Waals surface area contributed by atoms with Crippen molar-refractivity contribution in [3.8, 4) is 0 Å². The van der Waals surface area contributed by atoms with Gasteiger partial charge < -0.3 is 5.32 Å². The first kappa shape index (κ1) is 8.18. The first-order valence-corrected chi connectivity index (χ1v) is 4.14. The summed E-state index contributed by atoms with van der Waals surface area (Å²) in [6.45, 7) is 1.88. The van der Waals surface area contributed by atoms with Crippen LogP contribution in [-0.2, 0) is 6.42 Å². The fourth-order valence-corrected chi connectivity index (χ4v) is 1.40. The van der Waals surface area contributed by atoms with Crippen molar-refractivity contribution in [2.75, 3.05) is 13.1 Å². The van der Waals surface area contributed by atoms with Crippen LogP contribution in [0.1, 0.15) is 5.69 Å². The minimum atomic E-state index is -0.398. The molecule has 0 aromatic carbocycles. The fraction of sp³-hybridized carbons (Fsp3) is 0.571. The van der Waals surface area contributed by atoms with Crippen LogP contribution in [0, 0.1) is 16.0 Å². The summed E-state index contributed by atoms with van der Waals surface area (Å²) in [5.74, 6) is 0.513. The molecule has 0 radical (unpaired) electrons. The van der Waals surface area contributed by atoms with E-state index >= 15 is 0 Å². The first-order chi connectivity index (χ1) is 6.27. The maximum Gasteiger partial charge on any atom is 0.309 e. The van der Waals surface area contributed by atoms with Gasteiger partial charge in [-0.25, -0.2) is 0 Å². The molecule has 1 saturated heterocycles. The lowest BCUT2D eigenvalue weighted by Gasteiger charge is -2.25. The van der Waals surface area contributed by atoms with E-state index in [0.29, 0.717) is 18.0 Å². The third-order valence-corrected chi connectivity index (χ3v) is 2.25. The van der Waals surface area contributed by atoms with Gasteiger partial charge in [0.25, 0.3) is 0 Å². The molecule has 0 amide bonds. The number of hydrogen-bond donors (Lipinski definition) is 2. The molecule has 13 heavy (non-hydrogen) atoms. The summed E-state index contributed by atoms with van der Waals surface area (Å²) in [5, 5.41) is 20.0. The molecule has 0 unspecified atom stereocenters. The number of aromatic amines is 1. The summed E-state index contributed by atoms with van der Waals surface area (Å²) in [7, 11) is 0. The third-order valence-electron chi connectivity index (χ3n) is 2.25. The van der Waals surface area contributed by atoms with Crippen molar-refractivity contribution >= 4 is 5.69 Å². The van der Waals surface area contributed by atoms with Crippen LogP contribution in [0.4, 0.5) is 5.69 Å². The molecule has 1 aromatic heterocycles. The Morgan fingerprint density at radius 3 is 3.00 bits per heavy atom. The summed E-state index contributed by atoms with van der Waals surface area (Å²) in [4.78, 5) is 10.1. The lowest BCUT2D eigenvalue weighted by molar-refractivity contribution is -0.385. The molecule has 2 heterocycles. The second-order valence-corrected chi connectivity index (χ2v) is 3.22. The maximum atomic E-state index is 10.5. The minimum Gasteiger partial charge on any atom is -0.316 e. The highest BCUT2D eigenvalue weighted by Crippen LogP contribution is 2.19. The second-order valence-electron chi connectivity index (χ2n) is 3.22. The zero-order chi connectivity index (χ0) is 9.26. The largest absolute Gasteiger partial charge is 0.316 e. The average molecular weight is 182 g/mol. The Hall–Kier alpha value is -1.43. The van der Waals surface area contributed by atoms with Crippen molar-refractivity contribution < 1.29 is 4.92 Å². The first-order valence-electron chi connectivity index (χ1n) is 4.14. The number of aromatic nitrogens is 2. The Labute approximate surface area is 74.5 Å². The minimum absolute atomic E-state index is 0.104. The Balaban J connectivity index is 2.09. The van der Waals surface area contributed by atoms with Crippen LogP contribution in [-0.4, -0.2) is 28.2 Å². The van der Waals surface area contributed by atoms with E-state index in [0.717, 1.165) is 13.1 Å². The van der Waals surface area contributed by atoms with Gasteiger partial charge in [0.1, 0.15) is 11.9 Å². The van der Waals surface area contributed by atoms with Crippen molar-refractivity contribution in [3.05, 3.63) is 22.0 Å². The van der Waals surface area contributed by atoms with Crippen LogP contribution in [0.25, 0.3) is 0 Å². The predicted octanol–water partition coefficient (Wildman–Crippen LogP) is 0.0798. The second kappa shape index (κ2) is 3.14. The summed E-state index contributed by atoms with van der Waals surface area (Å²) in [6.07, 6.45) is 1.98. The summed E-state index contributed by atoms with van der Waals surface area (Å²) in [5.41, 5.74) is 0.739. The van der Waals surface area contributed by atoms with E-state index in [1.54, 1.807) is 0 Å². The lowest BCUT2D eigenvalue weighted by atomic mass is 9.97.